The van der Waals surface area contributed by atoms with Crippen LogP contribution < -0.4 is 0 Å². The third-order valence-electron chi connectivity index (χ3n) is 3.02. The van der Waals surface area contributed by atoms with E-state index in [1.165, 1.54) is 24.3 Å². The molecule has 1 fully saturated rings. The molecule has 1 saturated heterocycles. The summed E-state index contributed by atoms with van der Waals surface area (Å²) in [5, 5.41) is 4.08. The van der Waals surface area contributed by atoms with Crippen molar-refractivity contribution in [2.24, 2.45) is 13.0 Å². The lowest BCUT2D eigenvalue weighted by Gasteiger charge is -2.20. The van der Waals surface area contributed by atoms with Crippen LogP contribution in [0.1, 0.15) is 24.8 Å². The predicted molar refractivity (Wildman–Crippen MR) is 66.6 cm³/mol. The summed E-state index contributed by atoms with van der Waals surface area (Å²) < 4.78 is 1.75. The van der Waals surface area contributed by atoms with Crippen molar-refractivity contribution in [2.45, 2.75) is 25.7 Å². The molecule has 0 bridgehead atoms. The Morgan fingerprint density at radius 2 is 2.31 bits per heavy atom. The number of carbonyl (C=O) groups is 1. The van der Waals surface area contributed by atoms with Crippen LogP contribution in [-0.4, -0.2) is 27.1 Å². The van der Waals surface area contributed by atoms with Gasteiger partial charge < -0.3 is 0 Å². The molecule has 2 rings (SSSR count). The Bertz CT molecular complexity index is 356. The van der Waals surface area contributed by atoms with Crippen LogP contribution in [-0.2, 0) is 18.3 Å². The van der Waals surface area contributed by atoms with E-state index in [2.05, 4.69) is 5.10 Å². The highest BCUT2D eigenvalue weighted by Gasteiger charge is 2.17. The third kappa shape index (κ3) is 3.37. The maximum Gasteiger partial charge on any atom is 0.137 e. The van der Waals surface area contributed by atoms with Crippen LogP contribution in [0.4, 0.5) is 0 Å². The van der Waals surface area contributed by atoms with Gasteiger partial charge in [-0.15, -0.1) is 0 Å². The molecule has 1 aromatic heterocycles. The van der Waals surface area contributed by atoms with Crippen molar-refractivity contribution in [2.75, 3.05) is 11.5 Å². The van der Waals surface area contributed by atoms with Crippen molar-refractivity contribution in [3.05, 3.63) is 18.0 Å². The second kappa shape index (κ2) is 5.53. The summed E-state index contributed by atoms with van der Waals surface area (Å²) in [6, 6.07) is 0. The highest BCUT2D eigenvalue weighted by Crippen LogP contribution is 2.25. The van der Waals surface area contributed by atoms with E-state index in [1.807, 2.05) is 25.0 Å². The van der Waals surface area contributed by atoms with E-state index < -0.39 is 0 Å². The van der Waals surface area contributed by atoms with Crippen LogP contribution >= 0.6 is 11.8 Å². The number of Topliss-reactive ketones (excluding diaryl/α,β-unsaturated/α-hetero) is 1. The van der Waals surface area contributed by atoms with E-state index in [4.69, 9.17) is 0 Å². The summed E-state index contributed by atoms with van der Waals surface area (Å²) >= 11 is 2.01. The Kier molecular flexibility index (Phi) is 4.04. The lowest BCUT2D eigenvalue weighted by atomic mass is 9.94. The molecule has 0 unspecified atom stereocenters. The number of thioether (sulfide) groups is 1. The molecule has 0 saturated carbocycles. The van der Waals surface area contributed by atoms with Crippen LogP contribution in [0.3, 0.4) is 0 Å². The summed E-state index contributed by atoms with van der Waals surface area (Å²) in [5.41, 5.74) is 1.04. The first-order valence-corrected chi connectivity index (χ1v) is 6.96. The van der Waals surface area contributed by atoms with E-state index in [0.717, 1.165) is 12.0 Å². The summed E-state index contributed by atoms with van der Waals surface area (Å²) in [6.07, 6.45) is 7.45. The quantitative estimate of drug-likeness (QED) is 0.805. The SMILES string of the molecule is Cn1cc(CC(=O)CC2CCSCC2)cn1. The number of aromatic nitrogens is 2. The van der Waals surface area contributed by atoms with Crippen molar-refractivity contribution in [3.8, 4) is 0 Å². The molecule has 0 aromatic carbocycles. The Morgan fingerprint density at radius 3 is 2.94 bits per heavy atom. The zero-order valence-electron chi connectivity index (χ0n) is 9.69. The molecule has 0 atom stereocenters. The van der Waals surface area contributed by atoms with Gasteiger partial charge in [-0.05, 0) is 35.8 Å². The Labute approximate surface area is 101 Å². The predicted octanol–water partition coefficient (Wildman–Crippen LogP) is 2.06. The first-order valence-electron chi connectivity index (χ1n) is 5.81. The fourth-order valence-corrected chi connectivity index (χ4v) is 3.34. The molecule has 2 heterocycles. The molecule has 0 amide bonds. The summed E-state index contributed by atoms with van der Waals surface area (Å²) in [7, 11) is 1.88. The molecule has 3 nitrogen and oxygen atoms in total. The summed E-state index contributed by atoms with van der Waals surface area (Å²) in [6.45, 7) is 0. The monoisotopic (exact) mass is 238 g/mol. The molecule has 0 aliphatic carbocycles. The molecular weight excluding hydrogens is 220 g/mol. The van der Waals surface area contributed by atoms with Gasteiger partial charge in [0, 0.05) is 26.1 Å². The highest BCUT2D eigenvalue weighted by molar-refractivity contribution is 7.99. The van der Waals surface area contributed by atoms with Gasteiger partial charge in [-0.2, -0.15) is 16.9 Å². The average molecular weight is 238 g/mol. The smallest absolute Gasteiger partial charge is 0.137 e. The standard InChI is InChI=1S/C12H18N2OS/c1-14-9-11(8-13-14)7-12(15)6-10-2-4-16-5-3-10/h8-10H,2-7H2,1H3. The maximum atomic E-state index is 11.8. The van der Waals surface area contributed by atoms with Gasteiger partial charge in [-0.3, -0.25) is 9.48 Å². The molecule has 0 N–H and O–H groups in total. The molecule has 16 heavy (non-hydrogen) atoms. The second-order valence-corrected chi connectivity index (χ2v) is 5.72. The van der Waals surface area contributed by atoms with Crippen molar-refractivity contribution in [1.82, 2.24) is 9.78 Å². The Hall–Kier alpha value is -0.770. The molecular formula is C12H18N2OS. The van der Waals surface area contributed by atoms with Crippen LogP contribution in [0.2, 0.25) is 0 Å². The first kappa shape index (κ1) is 11.7. The minimum absolute atomic E-state index is 0.366. The molecule has 1 aliphatic heterocycles. The van der Waals surface area contributed by atoms with E-state index >= 15 is 0 Å². The number of nitrogens with zero attached hydrogens (tertiary/aromatic N) is 2. The molecule has 0 spiro atoms. The normalized spacial score (nSPS) is 17.6. The van der Waals surface area contributed by atoms with Gasteiger partial charge in [-0.1, -0.05) is 0 Å². The lowest BCUT2D eigenvalue weighted by molar-refractivity contribution is -0.119. The zero-order valence-corrected chi connectivity index (χ0v) is 10.5. The topological polar surface area (TPSA) is 34.9 Å². The van der Waals surface area contributed by atoms with E-state index in [0.29, 0.717) is 18.1 Å². The van der Waals surface area contributed by atoms with Crippen LogP contribution in [0.25, 0.3) is 0 Å². The van der Waals surface area contributed by atoms with Crippen molar-refractivity contribution in [3.63, 3.8) is 0 Å². The number of rotatable bonds is 4. The average Bonchev–Trinajstić information content (AvgIpc) is 2.65. The lowest BCUT2D eigenvalue weighted by Crippen LogP contribution is -2.15. The van der Waals surface area contributed by atoms with E-state index in [9.17, 15) is 4.79 Å². The fourth-order valence-electron chi connectivity index (χ4n) is 2.14. The largest absolute Gasteiger partial charge is 0.299 e. The third-order valence-corrected chi connectivity index (χ3v) is 4.07. The molecule has 88 valence electrons. The van der Waals surface area contributed by atoms with Crippen molar-refractivity contribution in [1.29, 1.82) is 0 Å². The summed E-state index contributed by atoms with van der Waals surface area (Å²) in [4.78, 5) is 11.8. The van der Waals surface area contributed by atoms with E-state index in [-0.39, 0.29) is 0 Å². The van der Waals surface area contributed by atoms with Crippen LogP contribution in [0.5, 0.6) is 0 Å². The van der Waals surface area contributed by atoms with Gasteiger partial charge in [0.2, 0.25) is 0 Å². The van der Waals surface area contributed by atoms with Gasteiger partial charge in [0.15, 0.2) is 0 Å². The zero-order chi connectivity index (χ0) is 11.4. The Balaban J connectivity index is 1.79. The number of hydrogen-bond donors (Lipinski definition) is 0. The van der Waals surface area contributed by atoms with Crippen LogP contribution in [0.15, 0.2) is 12.4 Å². The minimum atomic E-state index is 0.366. The molecule has 0 radical (unpaired) electrons. The molecule has 1 aromatic rings. The number of ketones is 1. The van der Waals surface area contributed by atoms with Crippen LogP contribution in [0, 0.1) is 5.92 Å². The van der Waals surface area contributed by atoms with Gasteiger partial charge in [0.25, 0.3) is 0 Å². The van der Waals surface area contributed by atoms with Gasteiger partial charge >= 0.3 is 0 Å². The first-order chi connectivity index (χ1) is 7.74. The molecule has 1 aliphatic rings. The van der Waals surface area contributed by atoms with Gasteiger partial charge in [0.05, 0.1) is 6.20 Å². The summed E-state index contributed by atoms with van der Waals surface area (Å²) in [5.74, 6) is 3.45. The van der Waals surface area contributed by atoms with Gasteiger partial charge in [-0.25, -0.2) is 0 Å². The van der Waals surface area contributed by atoms with Crippen molar-refractivity contribution >= 4 is 17.5 Å². The fraction of sp³-hybridized carbons (Fsp3) is 0.667. The highest BCUT2D eigenvalue weighted by atomic mass is 32.2. The molecule has 4 heteroatoms. The number of hydrogen-bond acceptors (Lipinski definition) is 3. The Morgan fingerprint density at radius 1 is 1.56 bits per heavy atom. The second-order valence-electron chi connectivity index (χ2n) is 4.50. The minimum Gasteiger partial charge on any atom is -0.299 e. The van der Waals surface area contributed by atoms with Crippen molar-refractivity contribution < 1.29 is 4.79 Å². The number of carbonyl (C=O) groups excluding carboxylic acids is 1. The van der Waals surface area contributed by atoms with E-state index in [1.54, 1.807) is 10.9 Å². The van der Waals surface area contributed by atoms with Gasteiger partial charge in [0.1, 0.15) is 5.78 Å². The maximum absolute atomic E-state index is 11.8. The number of aryl methyl sites for hydroxylation is 1.